The van der Waals surface area contributed by atoms with E-state index in [1.165, 1.54) is 18.9 Å². The lowest BCUT2D eigenvalue weighted by atomic mass is 10.3. The minimum absolute atomic E-state index is 0. The standard InChI is InChI=1S/C16H25FN4O.HI/c1-2-18-16(20-9-4-10-22-12-13-6-7-13)21-11-15-14(17)5-3-8-19-15;/h3,5,8,13H,2,4,6-7,9-12H2,1H3,(H2,18,20,21);1H. The number of nitrogens with zero attached hydrogens (tertiary/aromatic N) is 2. The summed E-state index contributed by atoms with van der Waals surface area (Å²) in [7, 11) is 0. The minimum atomic E-state index is -0.324. The monoisotopic (exact) mass is 436 g/mol. The SMILES string of the molecule is CCNC(=NCc1ncccc1F)NCCCOCC1CC1.I. The van der Waals surface area contributed by atoms with Gasteiger partial charge in [-0.25, -0.2) is 9.38 Å². The molecule has 1 heterocycles. The van der Waals surface area contributed by atoms with Crippen LogP contribution in [0, 0.1) is 11.7 Å². The van der Waals surface area contributed by atoms with Crippen LogP contribution >= 0.6 is 24.0 Å². The van der Waals surface area contributed by atoms with E-state index in [2.05, 4.69) is 20.6 Å². The smallest absolute Gasteiger partial charge is 0.191 e. The summed E-state index contributed by atoms with van der Waals surface area (Å²) in [6, 6.07) is 2.98. The molecule has 0 aromatic carbocycles. The first-order valence-corrected chi connectivity index (χ1v) is 7.99. The van der Waals surface area contributed by atoms with E-state index in [1.54, 1.807) is 12.3 Å². The van der Waals surface area contributed by atoms with Crippen LogP contribution < -0.4 is 10.6 Å². The zero-order valence-corrected chi connectivity index (χ0v) is 15.9. The molecule has 0 aliphatic heterocycles. The first-order chi connectivity index (χ1) is 10.8. The Kier molecular flexibility index (Phi) is 10.1. The fourth-order valence-electron chi connectivity index (χ4n) is 1.95. The molecule has 0 spiro atoms. The first-order valence-electron chi connectivity index (χ1n) is 7.99. The molecule has 0 bridgehead atoms. The second-order valence-electron chi connectivity index (χ2n) is 5.43. The maximum Gasteiger partial charge on any atom is 0.191 e. The number of nitrogens with one attached hydrogen (secondary N) is 2. The lowest BCUT2D eigenvalue weighted by Crippen LogP contribution is -2.38. The Morgan fingerprint density at radius 3 is 2.96 bits per heavy atom. The van der Waals surface area contributed by atoms with Gasteiger partial charge in [-0.3, -0.25) is 4.98 Å². The lowest BCUT2D eigenvalue weighted by Gasteiger charge is -2.11. The second-order valence-corrected chi connectivity index (χ2v) is 5.43. The minimum Gasteiger partial charge on any atom is -0.381 e. The highest BCUT2D eigenvalue weighted by Gasteiger charge is 2.20. The second kappa shape index (κ2) is 11.6. The van der Waals surface area contributed by atoms with E-state index < -0.39 is 0 Å². The predicted molar refractivity (Wildman–Crippen MR) is 101 cm³/mol. The van der Waals surface area contributed by atoms with Gasteiger partial charge in [0.1, 0.15) is 5.82 Å². The van der Waals surface area contributed by atoms with Crippen LogP contribution in [0.15, 0.2) is 23.3 Å². The van der Waals surface area contributed by atoms with E-state index in [1.807, 2.05) is 6.92 Å². The van der Waals surface area contributed by atoms with Crippen LogP contribution in [0.25, 0.3) is 0 Å². The van der Waals surface area contributed by atoms with Gasteiger partial charge in [-0.15, -0.1) is 24.0 Å². The average Bonchev–Trinajstić information content (AvgIpc) is 3.33. The Hall–Kier alpha value is -0.960. The molecule has 1 aliphatic carbocycles. The molecule has 1 aliphatic rings. The molecule has 0 atom stereocenters. The van der Waals surface area contributed by atoms with Gasteiger partial charge < -0.3 is 15.4 Å². The fourth-order valence-corrected chi connectivity index (χ4v) is 1.95. The molecule has 0 radical (unpaired) electrons. The van der Waals surface area contributed by atoms with Gasteiger partial charge in [0.2, 0.25) is 0 Å². The molecule has 1 aromatic rings. The average molecular weight is 436 g/mol. The molecule has 2 N–H and O–H groups in total. The van der Waals surface area contributed by atoms with Crippen molar-refractivity contribution in [1.29, 1.82) is 0 Å². The predicted octanol–water partition coefficient (Wildman–Crippen LogP) is 2.71. The van der Waals surface area contributed by atoms with Crippen molar-refractivity contribution in [2.75, 3.05) is 26.3 Å². The largest absolute Gasteiger partial charge is 0.381 e. The molecule has 1 aromatic heterocycles. The van der Waals surface area contributed by atoms with E-state index in [0.717, 1.165) is 38.6 Å². The van der Waals surface area contributed by atoms with Gasteiger partial charge in [0, 0.05) is 32.5 Å². The molecule has 1 saturated carbocycles. The zero-order valence-electron chi connectivity index (χ0n) is 13.6. The molecule has 0 unspecified atom stereocenters. The number of hydrogen-bond donors (Lipinski definition) is 2. The Morgan fingerprint density at radius 2 is 2.26 bits per heavy atom. The van der Waals surface area contributed by atoms with Crippen LogP contribution in [-0.2, 0) is 11.3 Å². The number of guanidine groups is 1. The van der Waals surface area contributed by atoms with Crippen LogP contribution in [0.5, 0.6) is 0 Å². The molecule has 1 fully saturated rings. The van der Waals surface area contributed by atoms with Crippen LogP contribution in [0.2, 0.25) is 0 Å². The van der Waals surface area contributed by atoms with Crippen molar-refractivity contribution in [2.45, 2.75) is 32.7 Å². The number of halogens is 2. The Bertz CT molecular complexity index is 483. The number of aromatic nitrogens is 1. The van der Waals surface area contributed by atoms with Crippen molar-refractivity contribution in [3.05, 3.63) is 29.8 Å². The van der Waals surface area contributed by atoms with Crippen molar-refractivity contribution in [3.63, 3.8) is 0 Å². The molecule has 5 nitrogen and oxygen atoms in total. The van der Waals surface area contributed by atoms with Crippen LogP contribution in [-0.4, -0.2) is 37.2 Å². The molecular weight excluding hydrogens is 410 g/mol. The summed E-state index contributed by atoms with van der Waals surface area (Å²) in [4.78, 5) is 8.35. The number of hydrogen-bond acceptors (Lipinski definition) is 3. The lowest BCUT2D eigenvalue weighted by molar-refractivity contribution is 0.123. The normalized spacial score (nSPS) is 14.3. The highest BCUT2D eigenvalue weighted by Crippen LogP contribution is 2.28. The molecule has 0 saturated heterocycles. The summed E-state index contributed by atoms with van der Waals surface area (Å²) in [5, 5.41) is 6.36. The fraction of sp³-hybridized carbons (Fsp3) is 0.625. The van der Waals surface area contributed by atoms with Crippen molar-refractivity contribution in [3.8, 4) is 0 Å². The highest BCUT2D eigenvalue weighted by molar-refractivity contribution is 14.0. The van der Waals surface area contributed by atoms with E-state index in [9.17, 15) is 4.39 Å². The Balaban J connectivity index is 0.00000264. The number of ether oxygens (including phenoxy) is 1. The van der Waals surface area contributed by atoms with Crippen molar-refractivity contribution >= 4 is 29.9 Å². The summed E-state index contributed by atoms with van der Waals surface area (Å²) >= 11 is 0. The van der Waals surface area contributed by atoms with Gasteiger partial charge >= 0.3 is 0 Å². The topological polar surface area (TPSA) is 58.5 Å². The highest BCUT2D eigenvalue weighted by atomic mass is 127. The van der Waals surface area contributed by atoms with Gasteiger partial charge in [0.15, 0.2) is 5.96 Å². The molecule has 2 rings (SSSR count). The van der Waals surface area contributed by atoms with E-state index in [-0.39, 0.29) is 36.3 Å². The van der Waals surface area contributed by atoms with Gasteiger partial charge in [-0.2, -0.15) is 0 Å². The Labute approximate surface area is 154 Å². The van der Waals surface area contributed by atoms with Crippen molar-refractivity contribution in [1.82, 2.24) is 15.6 Å². The first kappa shape index (κ1) is 20.1. The van der Waals surface area contributed by atoms with Gasteiger partial charge in [0.25, 0.3) is 0 Å². The van der Waals surface area contributed by atoms with Gasteiger partial charge in [-0.05, 0) is 44.2 Å². The van der Waals surface area contributed by atoms with Crippen molar-refractivity contribution < 1.29 is 9.13 Å². The number of rotatable bonds is 9. The Morgan fingerprint density at radius 1 is 1.43 bits per heavy atom. The molecule has 130 valence electrons. The molecule has 0 amide bonds. The van der Waals surface area contributed by atoms with Gasteiger partial charge in [-0.1, -0.05) is 0 Å². The van der Waals surface area contributed by atoms with Crippen molar-refractivity contribution in [2.24, 2.45) is 10.9 Å². The summed E-state index contributed by atoms with van der Waals surface area (Å²) in [6.07, 6.45) is 5.14. The van der Waals surface area contributed by atoms with Crippen LogP contribution in [0.4, 0.5) is 4.39 Å². The van der Waals surface area contributed by atoms with Crippen LogP contribution in [0.1, 0.15) is 31.9 Å². The third-order valence-corrected chi connectivity index (χ3v) is 3.37. The third kappa shape index (κ3) is 8.45. The van der Waals surface area contributed by atoms with E-state index in [0.29, 0.717) is 11.7 Å². The van der Waals surface area contributed by atoms with E-state index >= 15 is 0 Å². The number of pyridine rings is 1. The molecule has 23 heavy (non-hydrogen) atoms. The maximum absolute atomic E-state index is 13.5. The summed E-state index contributed by atoms with van der Waals surface area (Å²) in [6.45, 7) is 5.41. The van der Waals surface area contributed by atoms with Crippen LogP contribution in [0.3, 0.4) is 0 Å². The third-order valence-electron chi connectivity index (χ3n) is 3.37. The zero-order chi connectivity index (χ0) is 15.6. The summed E-state index contributed by atoms with van der Waals surface area (Å²) < 4.78 is 19.1. The quantitative estimate of drug-likeness (QED) is 0.271. The maximum atomic E-state index is 13.5. The molecule has 7 heteroatoms. The number of aliphatic imine (C=N–C) groups is 1. The van der Waals surface area contributed by atoms with Gasteiger partial charge in [0.05, 0.1) is 12.2 Å². The van der Waals surface area contributed by atoms with E-state index in [4.69, 9.17) is 4.74 Å². The summed E-state index contributed by atoms with van der Waals surface area (Å²) in [5.74, 6) is 1.16. The molecular formula is C16H26FIN4O. The summed E-state index contributed by atoms with van der Waals surface area (Å²) in [5.41, 5.74) is 0.354.